The second kappa shape index (κ2) is 6.93. The Bertz CT molecular complexity index is 637. The Balaban J connectivity index is 0.000000444. The molecule has 3 N–H and O–H groups in total. The SMILES string of the molecule is CC(N)=O.O=[N+]([O-])c1c(Cl)cccc1-c1c[nH]cc1Cl. The molecule has 1 heterocycles. The zero-order chi connectivity index (χ0) is 15.3. The summed E-state index contributed by atoms with van der Waals surface area (Å²) >= 11 is 11.7. The van der Waals surface area contributed by atoms with Crippen LogP contribution in [-0.4, -0.2) is 15.8 Å². The van der Waals surface area contributed by atoms with E-state index in [9.17, 15) is 14.9 Å². The first-order valence-corrected chi connectivity index (χ1v) is 6.11. The van der Waals surface area contributed by atoms with Crippen molar-refractivity contribution < 1.29 is 9.72 Å². The molecule has 0 spiro atoms. The Hall–Kier alpha value is -2.05. The summed E-state index contributed by atoms with van der Waals surface area (Å²) in [5.41, 5.74) is 5.31. The molecule has 0 fully saturated rings. The number of benzene rings is 1. The van der Waals surface area contributed by atoms with Crippen LogP contribution in [0.25, 0.3) is 11.1 Å². The van der Waals surface area contributed by atoms with Gasteiger partial charge < -0.3 is 10.7 Å². The number of carbonyl (C=O) groups is 1. The van der Waals surface area contributed by atoms with Crippen LogP contribution in [0.4, 0.5) is 5.69 Å². The first-order chi connectivity index (χ1) is 9.34. The maximum atomic E-state index is 10.9. The van der Waals surface area contributed by atoms with Gasteiger partial charge in [-0.1, -0.05) is 29.3 Å². The number of nitrogens with zero attached hydrogens (tertiary/aromatic N) is 1. The lowest BCUT2D eigenvalue weighted by Gasteiger charge is -2.02. The van der Waals surface area contributed by atoms with E-state index in [1.807, 2.05) is 0 Å². The summed E-state index contributed by atoms with van der Waals surface area (Å²) < 4.78 is 0. The number of hydrogen-bond donors (Lipinski definition) is 2. The van der Waals surface area contributed by atoms with E-state index in [2.05, 4.69) is 10.7 Å². The van der Waals surface area contributed by atoms with Crippen LogP contribution < -0.4 is 5.73 Å². The molecule has 8 heteroatoms. The molecule has 0 atom stereocenters. The van der Waals surface area contributed by atoms with E-state index in [1.54, 1.807) is 24.5 Å². The zero-order valence-electron chi connectivity index (χ0n) is 10.4. The number of nitrogens with one attached hydrogen (secondary N) is 1. The summed E-state index contributed by atoms with van der Waals surface area (Å²) in [7, 11) is 0. The molecule has 0 saturated carbocycles. The number of aromatic nitrogens is 1. The number of amides is 1. The molecular weight excluding hydrogens is 305 g/mol. The van der Waals surface area contributed by atoms with E-state index in [1.165, 1.54) is 13.0 Å². The lowest BCUT2D eigenvalue weighted by molar-refractivity contribution is -0.384. The average molecular weight is 316 g/mol. The van der Waals surface area contributed by atoms with Crippen LogP contribution in [0.3, 0.4) is 0 Å². The molecule has 2 aromatic rings. The molecule has 2 rings (SSSR count). The normalized spacial score (nSPS) is 9.55. The van der Waals surface area contributed by atoms with Gasteiger partial charge in [0.2, 0.25) is 5.91 Å². The van der Waals surface area contributed by atoms with Crippen LogP contribution in [0.1, 0.15) is 6.92 Å². The Morgan fingerprint density at radius 2 is 1.85 bits per heavy atom. The van der Waals surface area contributed by atoms with Gasteiger partial charge in [0.15, 0.2) is 0 Å². The molecule has 6 nitrogen and oxygen atoms in total. The maximum absolute atomic E-state index is 10.9. The highest BCUT2D eigenvalue weighted by Gasteiger charge is 2.21. The van der Waals surface area contributed by atoms with E-state index in [0.29, 0.717) is 16.1 Å². The van der Waals surface area contributed by atoms with Gasteiger partial charge in [0.25, 0.3) is 5.69 Å². The predicted molar refractivity (Wildman–Crippen MR) is 77.8 cm³/mol. The molecule has 0 saturated heterocycles. The third-order valence-corrected chi connectivity index (χ3v) is 2.77. The smallest absolute Gasteiger partial charge is 0.295 e. The molecule has 1 amide bonds. The summed E-state index contributed by atoms with van der Waals surface area (Å²) in [6.45, 7) is 1.31. The number of H-pyrrole nitrogens is 1. The van der Waals surface area contributed by atoms with Crippen molar-refractivity contribution in [2.45, 2.75) is 6.92 Å². The summed E-state index contributed by atoms with van der Waals surface area (Å²) in [5.74, 6) is -0.333. The maximum Gasteiger partial charge on any atom is 0.295 e. The fraction of sp³-hybridized carbons (Fsp3) is 0.0833. The molecule has 0 aliphatic carbocycles. The van der Waals surface area contributed by atoms with E-state index < -0.39 is 4.92 Å². The summed E-state index contributed by atoms with van der Waals surface area (Å²) in [5, 5.41) is 11.4. The van der Waals surface area contributed by atoms with Crippen molar-refractivity contribution in [2.75, 3.05) is 0 Å². The molecule has 0 radical (unpaired) electrons. The van der Waals surface area contributed by atoms with Gasteiger partial charge in [-0.15, -0.1) is 0 Å². The van der Waals surface area contributed by atoms with Gasteiger partial charge in [0.1, 0.15) is 5.02 Å². The van der Waals surface area contributed by atoms with E-state index in [0.717, 1.165) is 0 Å². The van der Waals surface area contributed by atoms with Crippen molar-refractivity contribution in [1.82, 2.24) is 4.98 Å². The highest BCUT2D eigenvalue weighted by atomic mass is 35.5. The van der Waals surface area contributed by atoms with Crippen LogP contribution in [-0.2, 0) is 4.79 Å². The van der Waals surface area contributed by atoms with Crippen LogP contribution in [0.5, 0.6) is 0 Å². The number of nitro groups is 1. The van der Waals surface area contributed by atoms with Gasteiger partial charge in [0.05, 0.1) is 15.5 Å². The van der Waals surface area contributed by atoms with Crippen LogP contribution in [0, 0.1) is 10.1 Å². The summed E-state index contributed by atoms with van der Waals surface area (Å²) in [4.78, 5) is 22.4. The van der Waals surface area contributed by atoms with E-state index >= 15 is 0 Å². The summed E-state index contributed by atoms with van der Waals surface area (Å²) in [6.07, 6.45) is 3.16. The Kier molecular flexibility index (Phi) is 5.54. The molecule has 0 aliphatic rings. The zero-order valence-corrected chi connectivity index (χ0v) is 11.9. The third kappa shape index (κ3) is 3.97. The monoisotopic (exact) mass is 315 g/mol. The Labute approximate surface area is 124 Å². The quantitative estimate of drug-likeness (QED) is 0.655. The Morgan fingerprint density at radius 1 is 1.25 bits per heavy atom. The number of nitrogens with two attached hydrogens (primary N) is 1. The minimum atomic E-state index is -0.513. The topological polar surface area (TPSA) is 102 Å². The van der Waals surface area contributed by atoms with Gasteiger partial charge in [-0.05, 0) is 12.1 Å². The highest BCUT2D eigenvalue weighted by Crippen LogP contribution is 2.38. The van der Waals surface area contributed by atoms with Crippen LogP contribution >= 0.6 is 23.2 Å². The number of para-hydroxylation sites is 1. The number of aromatic amines is 1. The highest BCUT2D eigenvalue weighted by molar-refractivity contribution is 6.35. The van der Waals surface area contributed by atoms with Crippen molar-refractivity contribution in [2.24, 2.45) is 5.73 Å². The van der Waals surface area contributed by atoms with Crippen molar-refractivity contribution in [3.63, 3.8) is 0 Å². The molecule has 0 unspecified atom stereocenters. The molecule has 20 heavy (non-hydrogen) atoms. The molecule has 1 aromatic carbocycles. The van der Waals surface area contributed by atoms with Gasteiger partial charge >= 0.3 is 0 Å². The fourth-order valence-corrected chi connectivity index (χ4v) is 1.93. The molecular formula is C12H11Cl2N3O3. The molecule has 1 aromatic heterocycles. The van der Waals surface area contributed by atoms with Gasteiger partial charge in [-0.25, -0.2) is 0 Å². The largest absolute Gasteiger partial charge is 0.370 e. The number of hydrogen-bond acceptors (Lipinski definition) is 3. The van der Waals surface area contributed by atoms with Crippen LogP contribution in [0.15, 0.2) is 30.6 Å². The minimum Gasteiger partial charge on any atom is -0.370 e. The summed E-state index contributed by atoms with van der Waals surface area (Å²) in [6, 6.07) is 4.73. The second-order valence-corrected chi connectivity index (χ2v) is 4.54. The number of carbonyl (C=O) groups excluding carboxylic acids is 1. The molecule has 0 bridgehead atoms. The lowest BCUT2D eigenvalue weighted by Crippen LogP contribution is -2.01. The van der Waals surface area contributed by atoms with Gasteiger partial charge in [-0.2, -0.15) is 0 Å². The van der Waals surface area contributed by atoms with Crippen LogP contribution in [0.2, 0.25) is 10.0 Å². The number of rotatable bonds is 2. The number of nitro benzene ring substituents is 1. The van der Waals surface area contributed by atoms with Crippen molar-refractivity contribution >= 4 is 34.8 Å². The van der Waals surface area contributed by atoms with Gasteiger partial charge in [-0.3, -0.25) is 14.9 Å². The minimum absolute atomic E-state index is 0.0970. The standard InChI is InChI=1S/C10H6Cl2N2O2.C2H5NO/c11-8-3-1-2-6(10(8)14(15)16)7-4-13-5-9(7)12;1-2(3)4/h1-5,13H;1H3,(H2,3,4). The third-order valence-electron chi connectivity index (χ3n) is 2.15. The van der Waals surface area contributed by atoms with Gasteiger partial charge in [0, 0.05) is 24.9 Å². The van der Waals surface area contributed by atoms with E-state index in [-0.39, 0.29) is 16.6 Å². The number of primary amides is 1. The Morgan fingerprint density at radius 3 is 2.30 bits per heavy atom. The predicted octanol–water partition coefficient (Wildman–Crippen LogP) is 3.39. The fourth-order valence-electron chi connectivity index (χ4n) is 1.47. The molecule has 106 valence electrons. The average Bonchev–Trinajstić information content (AvgIpc) is 2.73. The molecule has 0 aliphatic heterocycles. The van der Waals surface area contributed by atoms with Crippen molar-refractivity contribution in [3.05, 3.63) is 50.8 Å². The van der Waals surface area contributed by atoms with Crippen molar-refractivity contribution in [3.8, 4) is 11.1 Å². The van der Waals surface area contributed by atoms with Crippen molar-refractivity contribution in [1.29, 1.82) is 0 Å². The first-order valence-electron chi connectivity index (χ1n) is 5.36. The number of halogens is 2. The lowest BCUT2D eigenvalue weighted by atomic mass is 10.1. The van der Waals surface area contributed by atoms with E-state index in [4.69, 9.17) is 23.2 Å². The first kappa shape index (κ1) is 16.0. The second-order valence-electron chi connectivity index (χ2n) is 3.72.